The van der Waals surface area contributed by atoms with Gasteiger partial charge in [-0.2, -0.15) is 0 Å². The predicted molar refractivity (Wildman–Crippen MR) is 68.3 cm³/mol. The molecule has 0 atom stereocenters. The van der Waals surface area contributed by atoms with Gasteiger partial charge < -0.3 is 0 Å². The molecule has 0 aliphatic heterocycles. The SMILES string of the molecule is CC/C=C/C(=O)C(C)(C)Cc1ccc(F)cc1. The zero-order valence-electron chi connectivity index (χ0n) is 10.7. The Morgan fingerprint density at radius 2 is 1.88 bits per heavy atom. The highest BCUT2D eigenvalue weighted by atomic mass is 19.1. The van der Waals surface area contributed by atoms with Crippen LogP contribution in [0.3, 0.4) is 0 Å². The number of benzene rings is 1. The van der Waals surface area contributed by atoms with E-state index in [1.54, 1.807) is 18.2 Å². The maximum Gasteiger partial charge on any atom is 0.161 e. The van der Waals surface area contributed by atoms with Crippen LogP contribution in [0.2, 0.25) is 0 Å². The lowest BCUT2D eigenvalue weighted by Gasteiger charge is -2.21. The first-order chi connectivity index (χ1) is 7.95. The van der Waals surface area contributed by atoms with Crippen molar-refractivity contribution in [2.45, 2.75) is 33.6 Å². The minimum atomic E-state index is -0.441. The lowest BCUT2D eigenvalue weighted by molar-refractivity contribution is -0.122. The number of allylic oxidation sites excluding steroid dienone is 2. The molecule has 0 bridgehead atoms. The summed E-state index contributed by atoms with van der Waals surface area (Å²) in [7, 11) is 0. The van der Waals surface area contributed by atoms with E-state index >= 15 is 0 Å². The van der Waals surface area contributed by atoms with Crippen molar-refractivity contribution >= 4 is 5.78 Å². The van der Waals surface area contributed by atoms with Crippen LogP contribution in [0.1, 0.15) is 32.8 Å². The molecule has 0 amide bonds. The highest BCUT2D eigenvalue weighted by molar-refractivity contribution is 5.94. The van der Waals surface area contributed by atoms with Gasteiger partial charge in [0.25, 0.3) is 0 Å². The van der Waals surface area contributed by atoms with E-state index in [4.69, 9.17) is 0 Å². The Bertz CT molecular complexity index is 401. The molecule has 0 saturated carbocycles. The fourth-order valence-corrected chi connectivity index (χ4v) is 1.65. The van der Waals surface area contributed by atoms with Gasteiger partial charge in [-0.25, -0.2) is 4.39 Å². The molecule has 92 valence electrons. The first kappa shape index (κ1) is 13.6. The second kappa shape index (κ2) is 5.76. The monoisotopic (exact) mass is 234 g/mol. The van der Waals surface area contributed by atoms with Crippen LogP contribution >= 0.6 is 0 Å². The molecule has 1 rings (SSSR count). The number of rotatable bonds is 5. The van der Waals surface area contributed by atoms with Gasteiger partial charge in [0.1, 0.15) is 5.82 Å². The number of carbonyl (C=O) groups is 1. The van der Waals surface area contributed by atoms with Crippen LogP contribution < -0.4 is 0 Å². The molecule has 0 unspecified atom stereocenters. The Balaban J connectivity index is 2.75. The smallest absolute Gasteiger partial charge is 0.161 e. The van der Waals surface area contributed by atoms with Crippen molar-refractivity contribution in [3.05, 3.63) is 47.8 Å². The third-order valence-corrected chi connectivity index (χ3v) is 2.73. The summed E-state index contributed by atoms with van der Waals surface area (Å²) < 4.78 is 12.8. The van der Waals surface area contributed by atoms with Gasteiger partial charge in [-0.3, -0.25) is 4.79 Å². The molecule has 0 radical (unpaired) electrons. The van der Waals surface area contributed by atoms with E-state index in [2.05, 4.69) is 0 Å². The molecule has 0 fully saturated rings. The summed E-state index contributed by atoms with van der Waals surface area (Å²) in [6.45, 7) is 5.83. The van der Waals surface area contributed by atoms with E-state index in [9.17, 15) is 9.18 Å². The second-order valence-electron chi connectivity index (χ2n) is 4.86. The van der Waals surface area contributed by atoms with Gasteiger partial charge in [-0.05, 0) is 36.6 Å². The van der Waals surface area contributed by atoms with Crippen LogP contribution in [0.4, 0.5) is 4.39 Å². The lowest BCUT2D eigenvalue weighted by atomic mass is 9.81. The van der Waals surface area contributed by atoms with Crippen LogP contribution in [0, 0.1) is 11.2 Å². The molecule has 0 aromatic heterocycles. The zero-order chi connectivity index (χ0) is 12.9. The molecule has 0 aliphatic rings. The number of halogens is 1. The number of ketones is 1. The first-order valence-corrected chi connectivity index (χ1v) is 5.91. The highest BCUT2D eigenvalue weighted by Gasteiger charge is 2.25. The van der Waals surface area contributed by atoms with E-state index in [-0.39, 0.29) is 11.6 Å². The van der Waals surface area contributed by atoms with E-state index in [0.717, 1.165) is 12.0 Å². The van der Waals surface area contributed by atoms with Gasteiger partial charge in [0.2, 0.25) is 0 Å². The molecular weight excluding hydrogens is 215 g/mol. The number of carbonyl (C=O) groups excluding carboxylic acids is 1. The highest BCUT2D eigenvalue weighted by Crippen LogP contribution is 2.23. The molecular formula is C15H19FO. The van der Waals surface area contributed by atoms with Crippen molar-refractivity contribution in [3.8, 4) is 0 Å². The van der Waals surface area contributed by atoms with Crippen molar-refractivity contribution in [2.75, 3.05) is 0 Å². The molecule has 1 nitrogen and oxygen atoms in total. The van der Waals surface area contributed by atoms with Crippen LogP contribution in [-0.2, 0) is 11.2 Å². The molecule has 0 spiro atoms. The van der Waals surface area contributed by atoms with E-state index in [1.807, 2.05) is 26.8 Å². The third-order valence-electron chi connectivity index (χ3n) is 2.73. The zero-order valence-corrected chi connectivity index (χ0v) is 10.7. The lowest BCUT2D eigenvalue weighted by Crippen LogP contribution is -2.25. The fourth-order valence-electron chi connectivity index (χ4n) is 1.65. The van der Waals surface area contributed by atoms with Gasteiger partial charge in [-0.1, -0.05) is 39.0 Å². The van der Waals surface area contributed by atoms with Gasteiger partial charge in [0.05, 0.1) is 0 Å². The number of hydrogen-bond donors (Lipinski definition) is 0. The van der Waals surface area contributed by atoms with Crippen molar-refractivity contribution in [1.82, 2.24) is 0 Å². The largest absolute Gasteiger partial charge is 0.294 e. The van der Waals surface area contributed by atoms with Crippen LogP contribution in [0.5, 0.6) is 0 Å². The maximum absolute atomic E-state index is 12.8. The van der Waals surface area contributed by atoms with Crippen LogP contribution in [0.15, 0.2) is 36.4 Å². The minimum Gasteiger partial charge on any atom is -0.294 e. The summed E-state index contributed by atoms with van der Waals surface area (Å²) in [4.78, 5) is 11.9. The first-order valence-electron chi connectivity index (χ1n) is 5.91. The van der Waals surface area contributed by atoms with Crippen LogP contribution in [-0.4, -0.2) is 5.78 Å². The summed E-state index contributed by atoms with van der Waals surface area (Å²) in [5.74, 6) is -0.132. The van der Waals surface area contributed by atoms with Crippen LogP contribution in [0.25, 0.3) is 0 Å². The van der Waals surface area contributed by atoms with Crippen molar-refractivity contribution < 1.29 is 9.18 Å². The number of hydrogen-bond acceptors (Lipinski definition) is 1. The van der Waals surface area contributed by atoms with Crippen molar-refractivity contribution in [1.29, 1.82) is 0 Å². The van der Waals surface area contributed by atoms with Gasteiger partial charge in [0.15, 0.2) is 5.78 Å². The summed E-state index contributed by atoms with van der Waals surface area (Å²) >= 11 is 0. The molecule has 0 heterocycles. The standard InChI is InChI=1S/C15H19FO/c1-4-5-6-14(17)15(2,3)11-12-7-9-13(16)10-8-12/h5-10H,4,11H2,1-3H3/b6-5+. The summed E-state index contributed by atoms with van der Waals surface area (Å²) in [6.07, 6.45) is 5.00. The third kappa shape index (κ3) is 4.14. The molecule has 17 heavy (non-hydrogen) atoms. The van der Waals surface area contributed by atoms with Crippen molar-refractivity contribution in [3.63, 3.8) is 0 Å². The molecule has 2 heteroatoms. The maximum atomic E-state index is 12.8. The summed E-state index contributed by atoms with van der Waals surface area (Å²) in [5.41, 5.74) is 0.540. The average Bonchev–Trinajstić information content (AvgIpc) is 2.28. The predicted octanol–water partition coefficient (Wildman–Crippen LogP) is 3.93. The quantitative estimate of drug-likeness (QED) is 0.705. The van der Waals surface area contributed by atoms with E-state index in [1.165, 1.54) is 12.1 Å². The van der Waals surface area contributed by atoms with Crippen molar-refractivity contribution in [2.24, 2.45) is 5.41 Å². The second-order valence-corrected chi connectivity index (χ2v) is 4.86. The average molecular weight is 234 g/mol. The Labute approximate surface area is 102 Å². The Kier molecular flexibility index (Phi) is 4.62. The fraction of sp³-hybridized carbons (Fsp3) is 0.400. The minimum absolute atomic E-state index is 0.115. The molecule has 0 aliphatic carbocycles. The Morgan fingerprint density at radius 1 is 1.29 bits per heavy atom. The summed E-state index contributed by atoms with van der Waals surface area (Å²) in [5, 5.41) is 0. The van der Waals surface area contributed by atoms with Gasteiger partial charge in [0, 0.05) is 5.41 Å². The normalized spacial score (nSPS) is 12.0. The Hall–Kier alpha value is -1.44. The Morgan fingerprint density at radius 3 is 2.41 bits per heavy atom. The summed E-state index contributed by atoms with van der Waals surface area (Å²) in [6, 6.07) is 6.32. The van der Waals surface area contributed by atoms with E-state index in [0.29, 0.717) is 6.42 Å². The molecule has 1 aromatic carbocycles. The van der Waals surface area contributed by atoms with Gasteiger partial charge in [-0.15, -0.1) is 0 Å². The molecule has 0 N–H and O–H groups in total. The topological polar surface area (TPSA) is 17.1 Å². The van der Waals surface area contributed by atoms with Gasteiger partial charge >= 0.3 is 0 Å². The molecule has 1 aromatic rings. The molecule has 0 saturated heterocycles. The van der Waals surface area contributed by atoms with E-state index < -0.39 is 5.41 Å².